The fourth-order valence-corrected chi connectivity index (χ4v) is 2.67. The van der Waals surface area contributed by atoms with Crippen molar-refractivity contribution in [2.24, 2.45) is 0 Å². The second-order valence-electron chi connectivity index (χ2n) is 5.47. The van der Waals surface area contributed by atoms with Crippen LogP contribution in [0.15, 0.2) is 42.6 Å². The molecule has 0 saturated carbocycles. The first-order valence-corrected chi connectivity index (χ1v) is 7.30. The summed E-state index contributed by atoms with van der Waals surface area (Å²) in [7, 11) is 0. The third-order valence-corrected chi connectivity index (χ3v) is 3.79. The Labute approximate surface area is 129 Å². The van der Waals surface area contributed by atoms with Crippen LogP contribution in [0.4, 0.5) is 5.69 Å². The van der Waals surface area contributed by atoms with Crippen molar-refractivity contribution in [1.29, 1.82) is 0 Å². The molecule has 1 aliphatic heterocycles. The number of aromatic nitrogens is 1. The van der Waals surface area contributed by atoms with Gasteiger partial charge in [-0.05, 0) is 24.6 Å². The SMILES string of the molecule is Cc1ccc(O[C@H]2CCN(c3ccccc3C(=O)O)C2)nc1. The molecule has 1 aromatic carbocycles. The molecule has 2 heterocycles. The van der Waals surface area contributed by atoms with Crippen molar-refractivity contribution in [2.45, 2.75) is 19.4 Å². The van der Waals surface area contributed by atoms with E-state index >= 15 is 0 Å². The lowest BCUT2D eigenvalue weighted by Gasteiger charge is -2.20. The van der Waals surface area contributed by atoms with E-state index in [0.717, 1.165) is 24.2 Å². The van der Waals surface area contributed by atoms with Gasteiger partial charge in [0.05, 0.1) is 17.8 Å². The maximum Gasteiger partial charge on any atom is 0.337 e. The number of aromatic carboxylic acids is 1. The number of carboxylic acid groups (broad SMARTS) is 1. The van der Waals surface area contributed by atoms with E-state index in [1.54, 1.807) is 18.3 Å². The number of benzene rings is 1. The smallest absolute Gasteiger partial charge is 0.337 e. The summed E-state index contributed by atoms with van der Waals surface area (Å²) in [6.07, 6.45) is 2.66. The second kappa shape index (κ2) is 6.05. The number of pyridine rings is 1. The molecule has 1 atom stereocenters. The van der Waals surface area contributed by atoms with Crippen molar-refractivity contribution in [3.05, 3.63) is 53.7 Å². The van der Waals surface area contributed by atoms with Gasteiger partial charge in [0.25, 0.3) is 0 Å². The summed E-state index contributed by atoms with van der Waals surface area (Å²) in [5, 5.41) is 9.29. The molecular formula is C17H18N2O3. The minimum atomic E-state index is -0.903. The van der Waals surface area contributed by atoms with Crippen LogP contribution in [0.1, 0.15) is 22.3 Å². The molecule has 0 aliphatic carbocycles. The monoisotopic (exact) mass is 298 g/mol. The van der Waals surface area contributed by atoms with Crippen molar-refractivity contribution in [2.75, 3.05) is 18.0 Å². The van der Waals surface area contributed by atoms with Gasteiger partial charge in [0.1, 0.15) is 6.10 Å². The quantitative estimate of drug-likeness (QED) is 0.940. The van der Waals surface area contributed by atoms with Gasteiger partial charge in [0, 0.05) is 25.2 Å². The fraction of sp³-hybridized carbons (Fsp3) is 0.294. The number of carbonyl (C=O) groups is 1. The topological polar surface area (TPSA) is 62.7 Å². The zero-order valence-electron chi connectivity index (χ0n) is 12.4. The van der Waals surface area contributed by atoms with Crippen molar-refractivity contribution < 1.29 is 14.6 Å². The second-order valence-corrected chi connectivity index (χ2v) is 5.47. The zero-order valence-corrected chi connectivity index (χ0v) is 12.4. The Balaban J connectivity index is 1.70. The molecule has 0 spiro atoms. The van der Waals surface area contributed by atoms with E-state index in [-0.39, 0.29) is 6.10 Å². The normalized spacial score (nSPS) is 17.5. The van der Waals surface area contributed by atoms with Crippen LogP contribution in [0.2, 0.25) is 0 Å². The molecule has 1 saturated heterocycles. The zero-order chi connectivity index (χ0) is 15.5. The van der Waals surface area contributed by atoms with E-state index in [0.29, 0.717) is 18.0 Å². The maximum atomic E-state index is 11.3. The molecule has 114 valence electrons. The van der Waals surface area contributed by atoms with Gasteiger partial charge in [-0.1, -0.05) is 18.2 Å². The van der Waals surface area contributed by atoms with Gasteiger partial charge in [0.2, 0.25) is 5.88 Å². The lowest BCUT2D eigenvalue weighted by atomic mass is 10.1. The summed E-state index contributed by atoms with van der Waals surface area (Å²) in [5.41, 5.74) is 2.17. The Morgan fingerprint density at radius 1 is 1.32 bits per heavy atom. The molecule has 2 aromatic rings. The molecule has 1 aliphatic rings. The van der Waals surface area contributed by atoms with Crippen molar-refractivity contribution in [1.82, 2.24) is 4.98 Å². The van der Waals surface area contributed by atoms with E-state index in [4.69, 9.17) is 4.74 Å². The van der Waals surface area contributed by atoms with Gasteiger partial charge < -0.3 is 14.7 Å². The first-order valence-electron chi connectivity index (χ1n) is 7.30. The Morgan fingerprint density at radius 3 is 2.86 bits per heavy atom. The van der Waals surface area contributed by atoms with E-state index in [2.05, 4.69) is 9.88 Å². The molecule has 0 unspecified atom stereocenters. The molecule has 0 bridgehead atoms. The van der Waals surface area contributed by atoms with Crippen molar-refractivity contribution >= 4 is 11.7 Å². The van der Waals surface area contributed by atoms with E-state index in [1.165, 1.54) is 0 Å². The van der Waals surface area contributed by atoms with Gasteiger partial charge in [-0.25, -0.2) is 9.78 Å². The van der Waals surface area contributed by atoms with Crippen LogP contribution in [0, 0.1) is 6.92 Å². The molecule has 3 rings (SSSR count). The molecule has 0 amide bonds. The number of nitrogens with zero attached hydrogens (tertiary/aromatic N) is 2. The van der Waals surface area contributed by atoms with Crippen molar-refractivity contribution in [3.63, 3.8) is 0 Å². The van der Waals surface area contributed by atoms with Gasteiger partial charge in [-0.3, -0.25) is 0 Å². The first kappa shape index (κ1) is 14.4. The number of rotatable bonds is 4. The summed E-state index contributed by atoms with van der Waals surface area (Å²) in [6, 6.07) is 10.9. The largest absolute Gasteiger partial charge is 0.478 e. The average Bonchev–Trinajstić information content (AvgIpc) is 2.98. The van der Waals surface area contributed by atoms with Crippen LogP contribution in [0.25, 0.3) is 0 Å². The van der Waals surface area contributed by atoms with Gasteiger partial charge in [-0.15, -0.1) is 0 Å². The molecule has 5 nitrogen and oxygen atoms in total. The molecule has 22 heavy (non-hydrogen) atoms. The van der Waals surface area contributed by atoms with Crippen molar-refractivity contribution in [3.8, 4) is 5.88 Å². The molecule has 1 aromatic heterocycles. The number of hydrogen-bond acceptors (Lipinski definition) is 4. The summed E-state index contributed by atoms with van der Waals surface area (Å²) >= 11 is 0. The lowest BCUT2D eigenvalue weighted by molar-refractivity contribution is 0.0697. The third-order valence-electron chi connectivity index (χ3n) is 3.79. The predicted molar refractivity (Wildman–Crippen MR) is 83.6 cm³/mol. The number of carboxylic acids is 1. The highest BCUT2D eigenvalue weighted by atomic mass is 16.5. The molecule has 0 radical (unpaired) electrons. The first-order chi connectivity index (χ1) is 10.6. The summed E-state index contributed by atoms with van der Waals surface area (Å²) in [6.45, 7) is 3.43. The Kier molecular flexibility index (Phi) is 3.96. The van der Waals surface area contributed by atoms with Crippen LogP contribution in [0.5, 0.6) is 5.88 Å². The van der Waals surface area contributed by atoms with Gasteiger partial charge >= 0.3 is 5.97 Å². The third kappa shape index (κ3) is 3.03. The average molecular weight is 298 g/mol. The van der Waals surface area contributed by atoms with Crippen LogP contribution in [0.3, 0.4) is 0 Å². The lowest BCUT2D eigenvalue weighted by Crippen LogP contribution is -2.26. The summed E-state index contributed by atoms with van der Waals surface area (Å²) in [4.78, 5) is 17.6. The highest BCUT2D eigenvalue weighted by molar-refractivity contribution is 5.94. The Bertz CT molecular complexity index is 670. The highest BCUT2D eigenvalue weighted by Crippen LogP contribution is 2.26. The van der Waals surface area contributed by atoms with Crippen LogP contribution >= 0.6 is 0 Å². The minimum Gasteiger partial charge on any atom is -0.478 e. The van der Waals surface area contributed by atoms with Crippen LogP contribution in [-0.2, 0) is 0 Å². The minimum absolute atomic E-state index is 0.0251. The Morgan fingerprint density at radius 2 is 2.14 bits per heavy atom. The number of ether oxygens (including phenoxy) is 1. The number of aryl methyl sites for hydroxylation is 1. The van der Waals surface area contributed by atoms with Crippen LogP contribution < -0.4 is 9.64 Å². The summed E-state index contributed by atoms with van der Waals surface area (Å²) < 4.78 is 5.88. The predicted octanol–water partition coefficient (Wildman–Crippen LogP) is 2.75. The number of hydrogen-bond donors (Lipinski definition) is 1. The number of para-hydroxylation sites is 1. The van der Waals surface area contributed by atoms with E-state index in [9.17, 15) is 9.90 Å². The van der Waals surface area contributed by atoms with Gasteiger partial charge in [-0.2, -0.15) is 0 Å². The van der Waals surface area contributed by atoms with Crippen LogP contribution in [-0.4, -0.2) is 35.3 Å². The molecule has 5 heteroatoms. The summed E-state index contributed by atoms with van der Waals surface area (Å²) in [5.74, 6) is -0.288. The molecular weight excluding hydrogens is 280 g/mol. The standard InChI is InChI=1S/C17H18N2O3/c1-12-6-7-16(18-10-12)22-13-8-9-19(11-13)15-5-3-2-4-14(15)17(20)21/h2-7,10,13H,8-9,11H2,1H3,(H,20,21)/t13-/m0/s1. The maximum absolute atomic E-state index is 11.3. The van der Waals surface area contributed by atoms with E-state index < -0.39 is 5.97 Å². The number of anilines is 1. The molecule has 1 N–H and O–H groups in total. The van der Waals surface area contributed by atoms with Gasteiger partial charge in [0.15, 0.2) is 0 Å². The highest BCUT2D eigenvalue weighted by Gasteiger charge is 2.27. The molecule has 1 fully saturated rings. The Hall–Kier alpha value is -2.56. The van der Waals surface area contributed by atoms with E-state index in [1.807, 2.05) is 31.2 Å². The fourth-order valence-electron chi connectivity index (χ4n) is 2.67.